The first-order chi connectivity index (χ1) is 11.8. The van der Waals surface area contributed by atoms with Gasteiger partial charge >= 0.3 is 5.97 Å². The Morgan fingerprint density at radius 3 is 2.84 bits per heavy atom. The predicted octanol–water partition coefficient (Wildman–Crippen LogP) is 2.74. The molecule has 0 saturated carbocycles. The third-order valence-electron chi connectivity index (χ3n) is 4.91. The molecule has 1 fully saturated rings. The zero-order valence-corrected chi connectivity index (χ0v) is 16.8. The Kier molecular flexibility index (Phi) is 5.31. The van der Waals surface area contributed by atoms with Crippen LogP contribution in [0.5, 0.6) is 5.75 Å². The Morgan fingerprint density at radius 2 is 2.16 bits per heavy atom. The van der Waals surface area contributed by atoms with Crippen LogP contribution in [0.25, 0.3) is 10.9 Å². The SMILES string of the molecule is CN(C)CCc1c[nH]c2cccc(OC(=O)CN3CC[Si](C)(C)C3)c12. The summed E-state index contributed by atoms with van der Waals surface area (Å²) in [6.45, 7) is 7.15. The van der Waals surface area contributed by atoms with Crippen molar-refractivity contribution in [2.24, 2.45) is 0 Å². The van der Waals surface area contributed by atoms with Crippen molar-refractivity contribution in [2.45, 2.75) is 25.6 Å². The van der Waals surface area contributed by atoms with Gasteiger partial charge in [0.2, 0.25) is 0 Å². The largest absolute Gasteiger partial charge is 0.425 e. The molecule has 0 amide bonds. The van der Waals surface area contributed by atoms with E-state index in [0.717, 1.165) is 36.6 Å². The minimum Gasteiger partial charge on any atom is -0.425 e. The molecule has 136 valence electrons. The molecule has 0 radical (unpaired) electrons. The van der Waals surface area contributed by atoms with Crippen molar-refractivity contribution in [3.05, 3.63) is 30.0 Å². The Morgan fingerprint density at radius 1 is 1.36 bits per heavy atom. The molecule has 0 bridgehead atoms. The lowest BCUT2D eigenvalue weighted by atomic mass is 10.1. The van der Waals surface area contributed by atoms with Gasteiger partial charge in [-0.2, -0.15) is 0 Å². The molecule has 1 aromatic carbocycles. The fraction of sp³-hybridized carbons (Fsp3) is 0.526. The molecular formula is C19H29N3O2Si. The van der Waals surface area contributed by atoms with Gasteiger partial charge in [-0.1, -0.05) is 19.2 Å². The maximum Gasteiger partial charge on any atom is 0.325 e. The van der Waals surface area contributed by atoms with E-state index in [1.807, 2.05) is 24.4 Å². The van der Waals surface area contributed by atoms with Crippen LogP contribution in [-0.4, -0.2) is 68.7 Å². The van der Waals surface area contributed by atoms with E-state index in [9.17, 15) is 4.79 Å². The maximum atomic E-state index is 12.5. The van der Waals surface area contributed by atoms with Crippen LogP contribution in [0.15, 0.2) is 24.4 Å². The third-order valence-corrected chi connectivity index (χ3v) is 7.79. The van der Waals surface area contributed by atoms with Crippen molar-refractivity contribution >= 4 is 24.9 Å². The van der Waals surface area contributed by atoms with E-state index in [1.165, 1.54) is 11.6 Å². The Balaban J connectivity index is 1.72. The summed E-state index contributed by atoms with van der Waals surface area (Å²) < 4.78 is 5.76. The average molecular weight is 360 g/mol. The van der Waals surface area contributed by atoms with E-state index in [-0.39, 0.29) is 5.97 Å². The van der Waals surface area contributed by atoms with Gasteiger partial charge in [-0.15, -0.1) is 0 Å². The van der Waals surface area contributed by atoms with Crippen molar-refractivity contribution in [1.82, 2.24) is 14.8 Å². The van der Waals surface area contributed by atoms with E-state index < -0.39 is 8.07 Å². The van der Waals surface area contributed by atoms with E-state index in [1.54, 1.807) is 0 Å². The van der Waals surface area contributed by atoms with Gasteiger partial charge in [0.05, 0.1) is 14.6 Å². The Labute approximate surface area is 151 Å². The number of aromatic amines is 1. The molecule has 3 rings (SSSR count). The lowest BCUT2D eigenvalue weighted by Gasteiger charge is -2.17. The monoisotopic (exact) mass is 359 g/mol. The van der Waals surface area contributed by atoms with Gasteiger partial charge in [0.1, 0.15) is 5.75 Å². The number of hydrogen-bond acceptors (Lipinski definition) is 4. The van der Waals surface area contributed by atoms with Gasteiger partial charge in [-0.25, -0.2) is 0 Å². The van der Waals surface area contributed by atoms with E-state index in [2.05, 4.69) is 42.0 Å². The van der Waals surface area contributed by atoms with Crippen molar-refractivity contribution in [2.75, 3.05) is 39.9 Å². The fourth-order valence-electron chi connectivity index (χ4n) is 3.54. The number of benzene rings is 1. The second kappa shape index (κ2) is 7.31. The molecule has 2 aromatic rings. The molecule has 2 heterocycles. The van der Waals surface area contributed by atoms with Crippen LogP contribution < -0.4 is 4.74 Å². The quantitative estimate of drug-likeness (QED) is 0.489. The summed E-state index contributed by atoms with van der Waals surface area (Å²) in [6, 6.07) is 7.13. The van der Waals surface area contributed by atoms with Crippen LogP contribution in [0.2, 0.25) is 19.1 Å². The summed E-state index contributed by atoms with van der Waals surface area (Å²) in [7, 11) is 3.02. The van der Waals surface area contributed by atoms with Crippen LogP contribution in [0.4, 0.5) is 0 Å². The molecule has 1 N–H and O–H groups in total. The molecule has 1 aliphatic rings. The molecule has 1 aromatic heterocycles. The second-order valence-corrected chi connectivity index (χ2v) is 13.3. The topological polar surface area (TPSA) is 48.6 Å². The van der Waals surface area contributed by atoms with Gasteiger partial charge < -0.3 is 14.6 Å². The molecule has 25 heavy (non-hydrogen) atoms. The van der Waals surface area contributed by atoms with Gasteiger partial charge in [0, 0.05) is 23.6 Å². The summed E-state index contributed by atoms with van der Waals surface area (Å²) in [5, 5.41) is 1.04. The number of hydrogen-bond donors (Lipinski definition) is 1. The molecule has 1 saturated heterocycles. The Bertz CT molecular complexity index is 754. The molecule has 0 spiro atoms. The molecule has 5 nitrogen and oxygen atoms in total. The van der Waals surface area contributed by atoms with Crippen LogP contribution in [-0.2, 0) is 11.2 Å². The minimum atomic E-state index is -1.12. The van der Waals surface area contributed by atoms with E-state index >= 15 is 0 Å². The highest BCUT2D eigenvalue weighted by Gasteiger charge is 2.32. The number of carbonyl (C=O) groups is 1. The number of nitrogens with zero attached hydrogens (tertiary/aromatic N) is 2. The molecule has 1 aliphatic heterocycles. The van der Waals surface area contributed by atoms with E-state index in [4.69, 9.17) is 4.74 Å². The number of rotatable bonds is 6. The van der Waals surface area contributed by atoms with Crippen LogP contribution in [0, 0.1) is 0 Å². The van der Waals surface area contributed by atoms with E-state index in [0.29, 0.717) is 12.3 Å². The summed E-state index contributed by atoms with van der Waals surface area (Å²) in [5.74, 6) is 0.521. The first kappa shape index (κ1) is 18.2. The number of ether oxygens (including phenoxy) is 1. The number of nitrogens with one attached hydrogen (secondary N) is 1. The van der Waals surface area contributed by atoms with Gasteiger partial charge in [0.25, 0.3) is 0 Å². The summed E-state index contributed by atoms with van der Waals surface area (Å²) in [6.07, 6.45) is 4.04. The number of aromatic nitrogens is 1. The van der Waals surface area contributed by atoms with Gasteiger partial charge in [-0.3, -0.25) is 9.69 Å². The number of carbonyl (C=O) groups excluding carboxylic acids is 1. The van der Waals surface area contributed by atoms with Crippen molar-refractivity contribution in [1.29, 1.82) is 0 Å². The standard InChI is InChI=1S/C19H29N3O2Si/c1-21(2)9-8-15-12-20-16-6-5-7-17(19(15)16)24-18(23)13-22-10-11-25(3,4)14-22/h5-7,12,20H,8-11,13-14H2,1-4H3. The number of H-pyrrole nitrogens is 1. The van der Waals surface area contributed by atoms with Crippen molar-refractivity contribution < 1.29 is 9.53 Å². The highest BCUT2D eigenvalue weighted by atomic mass is 28.3. The van der Waals surface area contributed by atoms with Gasteiger partial charge in [0.15, 0.2) is 0 Å². The smallest absolute Gasteiger partial charge is 0.325 e. The summed E-state index contributed by atoms with van der Waals surface area (Å²) in [5.41, 5.74) is 2.22. The highest BCUT2D eigenvalue weighted by molar-refractivity contribution is 6.78. The number of likely N-dealkylation sites (N-methyl/N-ethyl adjacent to an activating group) is 1. The lowest BCUT2D eigenvalue weighted by Crippen LogP contribution is -2.35. The summed E-state index contributed by atoms with van der Waals surface area (Å²) >= 11 is 0. The molecule has 0 unspecified atom stereocenters. The second-order valence-electron chi connectivity index (χ2n) is 8.14. The van der Waals surface area contributed by atoms with Crippen molar-refractivity contribution in [3.63, 3.8) is 0 Å². The molecule has 0 atom stereocenters. The number of fused-ring (bicyclic) bond motifs is 1. The summed E-state index contributed by atoms with van der Waals surface area (Å²) in [4.78, 5) is 20.2. The average Bonchev–Trinajstić information content (AvgIpc) is 3.09. The molecule has 6 heteroatoms. The van der Waals surface area contributed by atoms with Crippen molar-refractivity contribution in [3.8, 4) is 5.75 Å². The lowest BCUT2D eigenvalue weighted by molar-refractivity contribution is -0.135. The Hall–Kier alpha value is -1.63. The third kappa shape index (κ3) is 4.51. The zero-order valence-electron chi connectivity index (χ0n) is 15.8. The fourth-order valence-corrected chi connectivity index (χ4v) is 6.10. The first-order valence-corrected chi connectivity index (χ1v) is 12.4. The number of esters is 1. The molecule has 0 aliphatic carbocycles. The zero-order chi connectivity index (χ0) is 18.0. The van der Waals surface area contributed by atoms with Crippen LogP contribution in [0.1, 0.15) is 5.56 Å². The maximum absolute atomic E-state index is 12.5. The predicted molar refractivity (Wildman–Crippen MR) is 105 cm³/mol. The normalized spacial score (nSPS) is 17.5. The molecular weight excluding hydrogens is 330 g/mol. The van der Waals surface area contributed by atoms with Crippen LogP contribution in [0.3, 0.4) is 0 Å². The van der Waals surface area contributed by atoms with Crippen LogP contribution >= 0.6 is 0 Å². The van der Waals surface area contributed by atoms with Gasteiger partial charge in [-0.05, 0) is 57.0 Å². The minimum absolute atomic E-state index is 0.154. The first-order valence-electron chi connectivity index (χ1n) is 9.01. The highest BCUT2D eigenvalue weighted by Crippen LogP contribution is 2.29.